The normalized spacial score (nSPS) is 9.94. The lowest BCUT2D eigenvalue weighted by atomic mass is 10.1. The van der Waals surface area contributed by atoms with Gasteiger partial charge in [0, 0.05) is 18.7 Å². The Labute approximate surface area is 107 Å². The maximum absolute atomic E-state index is 11.3. The zero-order valence-corrected chi connectivity index (χ0v) is 10.7. The van der Waals surface area contributed by atoms with Crippen molar-refractivity contribution in [3.63, 3.8) is 0 Å². The highest BCUT2D eigenvalue weighted by Gasteiger charge is 2.06. The van der Waals surface area contributed by atoms with Gasteiger partial charge in [-0.2, -0.15) is 0 Å². The van der Waals surface area contributed by atoms with Gasteiger partial charge in [-0.3, -0.25) is 0 Å². The first-order valence-electron chi connectivity index (χ1n) is 5.82. The quantitative estimate of drug-likeness (QED) is 0.756. The van der Waals surface area contributed by atoms with Crippen LogP contribution in [-0.2, 0) is 11.3 Å². The Kier molecular flexibility index (Phi) is 6.00. The predicted octanol–water partition coefficient (Wildman–Crippen LogP) is 1.61. The molecule has 0 aliphatic carbocycles. The van der Waals surface area contributed by atoms with Crippen molar-refractivity contribution in [2.75, 3.05) is 20.3 Å². The lowest BCUT2D eigenvalue weighted by Crippen LogP contribution is -2.25. The number of aliphatic hydroxyl groups excluding tert-OH is 1. The molecule has 0 atom stereocenters. The van der Waals surface area contributed by atoms with Gasteiger partial charge in [0.25, 0.3) is 0 Å². The zero-order chi connectivity index (χ0) is 13.4. The summed E-state index contributed by atoms with van der Waals surface area (Å²) in [6, 6.07) is 5.70. The second-order valence-electron chi connectivity index (χ2n) is 3.90. The van der Waals surface area contributed by atoms with E-state index in [1.807, 2.05) is 25.1 Å². The molecule has 1 aromatic carbocycles. The van der Waals surface area contributed by atoms with Crippen LogP contribution in [0.4, 0.5) is 4.79 Å². The molecule has 100 valence electrons. The molecule has 0 spiro atoms. The molecule has 5 heteroatoms. The third-order valence-corrected chi connectivity index (χ3v) is 2.40. The van der Waals surface area contributed by atoms with Gasteiger partial charge in [-0.1, -0.05) is 11.6 Å². The van der Waals surface area contributed by atoms with Crippen LogP contribution in [0.5, 0.6) is 5.75 Å². The molecule has 2 N–H and O–H groups in total. The summed E-state index contributed by atoms with van der Waals surface area (Å²) in [7, 11) is 1.58. The van der Waals surface area contributed by atoms with E-state index in [1.165, 1.54) is 0 Å². The average Bonchev–Trinajstić information content (AvgIpc) is 2.37. The van der Waals surface area contributed by atoms with E-state index >= 15 is 0 Å². The Hall–Kier alpha value is -1.75. The maximum Gasteiger partial charge on any atom is 0.407 e. The van der Waals surface area contributed by atoms with E-state index in [0.717, 1.165) is 11.1 Å². The molecule has 0 heterocycles. The van der Waals surface area contributed by atoms with E-state index in [0.29, 0.717) is 18.7 Å². The molecule has 5 nitrogen and oxygen atoms in total. The fourth-order valence-corrected chi connectivity index (χ4v) is 1.48. The molecule has 18 heavy (non-hydrogen) atoms. The number of hydrogen-bond donors (Lipinski definition) is 2. The van der Waals surface area contributed by atoms with Crippen LogP contribution in [0.1, 0.15) is 17.5 Å². The summed E-state index contributed by atoms with van der Waals surface area (Å²) in [5.41, 5.74) is 1.91. The van der Waals surface area contributed by atoms with E-state index in [4.69, 9.17) is 14.6 Å². The summed E-state index contributed by atoms with van der Waals surface area (Å²) in [4.78, 5) is 11.3. The van der Waals surface area contributed by atoms with Crippen LogP contribution < -0.4 is 10.1 Å². The molecule has 0 fully saturated rings. The molecule has 0 aliphatic heterocycles. The number of alkyl carbamates (subject to hydrolysis) is 1. The third-order valence-electron chi connectivity index (χ3n) is 2.40. The standard InChI is InChI=1S/C13H19NO4/c1-10-4-5-12(17-2)11(8-10)9-18-13(16)14-6-3-7-15/h4-5,8,15H,3,6-7,9H2,1-2H3,(H,14,16). The van der Waals surface area contributed by atoms with Crippen LogP contribution in [0.3, 0.4) is 0 Å². The first-order chi connectivity index (χ1) is 8.67. The summed E-state index contributed by atoms with van der Waals surface area (Å²) < 4.78 is 10.2. The van der Waals surface area contributed by atoms with Gasteiger partial charge in [-0.25, -0.2) is 4.79 Å². The number of amides is 1. The van der Waals surface area contributed by atoms with Crippen LogP contribution in [0.2, 0.25) is 0 Å². The number of aryl methyl sites for hydroxylation is 1. The van der Waals surface area contributed by atoms with E-state index in [-0.39, 0.29) is 13.2 Å². The van der Waals surface area contributed by atoms with Gasteiger partial charge in [0.05, 0.1) is 7.11 Å². The van der Waals surface area contributed by atoms with Crippen LogP contribution in [-0.4, -0.2) is 31.5 Å². The summed E-state index contributed by atoms with van der Waals surface area (Å²) in [5, 5.41) is 11.1. The minimum Gasteiger partial charge on any atom is -0.496 e. The van der Waals surface area contributed by atoms with Crippen LogP contribution in [0, 0.1) is 6.92 Å². The second-order valence-corrected chi connectivity index (χ2v) is 3.90. The fourth-order valence-electron chi connectivity index (χ4n) is 1.48. The van der Waals surface area contributed by atoms with Gasteiger partial charge in [0.15, 0.2) is 0 Å². The second kappa shape index (κ2) is 7.55. The van der Waals surface area contributed by atoms with Crippen LogP contribution in [0.25, 0.3) is 0 Å². The number of carbonyl (C=O) groups excluding carboxylic acids is 1. The van der Waals surface area contributed by atoms with Crippen LogP contribution >= 0.6 is 0 Å². The third kappa shape index (κ3) is 4.63. The summed E-state index contributed by atoms with van der Waals surface area (Å²) >= 11 is 0. The number of aliphatic hydroxyl groups is 1. The molecule has 1 amide bonds. The van der Waals surface area contributed by atoms with Crippen molar-refractivity contribution in [1.29, 1.82) is 0 Å². The Bertz CT molecular complexity index is 393. The van der Waals surface area contributed by atoms with E-state index in [1.54, 1.807) is 7.11 Å². The van der Waals surface area contributed by atoms with E-state index in [9.17, 15) is 4.79 Å². The van der Waals surface area contributed by atoms with E-state index < -0.39 is 6.09 Å². The number of rotatable bonds is 6. The van der Waals surface area contributed by atoms with E-state index in [2.05, 4.69) is 5.32 Å². The molecule has 1 aromatic rings. The Morgan fingerprint density at radius 3 is 2.89 bits per heavy atom. The Morgan fingerprint density at radius 1 is 1.44 bits per heavy atom. The van der Waals surface area contributed by atoms with Crippen molar-refractivity contribution in [2.24, 2.45) is 0 Å². The fraction of sp³-hybridized carbons (Fsp3) is 0.462. The molecular weight excluding hydrogens is 234 g/mol. The first kappa shape index (κ1) is 14.3. The van der Waals surface area contributed by atoms with Crippen molar-refractivity contribution in [1.82, 2.24) is 5.32 Å². The molecule has 1 rings (SSSR count). The monoisotopic (exact) mass is 253 g/mol. The number of ether oxygens (including phenoxy) is 2. The van der Waals surface area contributed by atoms with Crippen molar-refractivity contribution in [3.05, 3.63) is 29.3 Å². The summed E-state index contributed by atoms with van der Waals surface area (Å²) in [6.07, 6.45) is 0.0232. The molecule has 0 saturated heterocycles. The molecule has 0 saturated carbocycles. The lowest BCUT2D eigenvalue weighted by Gasteiger charge is -2.10. The average molecular weight is 253 g/mol. The lowest BCUT2D eigenvalue weighted by molar-refractivity contribution is 0.138. The van der Waals surface area contributed by atoms with Gasteiger partial charge in [0.2, 0.25) is 0 Å². The highest BCUT2D eigenvalue weighted by Crippen LogP contribution is 2.20. The SMILES string of the molecule is COc1ccc(C)cc1COC(=O)NCCCO. The number of methoxy groups -OCH3 is 1. The predicted molar refractivity (Wildman–Crippen MR) is 67.6 cm³/mol. The number of nitrogens with one attached hydrogen (secondary N) is 1. The van der Waals surface area contributed by atoms with Gasteiger partial charge in [-0.15, -0.1) is 0 Å². The number of benzene rings is 1. The topological polar surface area (TPSA) is 67.8 Å². The minimum atomic E-state index is -0.494. The highest BCUT2D eigenvalue weighted by atomic mass is 16.5. The molecule has 0 bridgehead atoms. The van der Waals surface area contributed by atoms with Crippen molar-refractivity contribution in [2.45, 2.75) is 20.0 Å². The summed E-state index contributed by atoms with van der Waals surface area (Å²) in [6.45, 7) is 2.58. The van der Waals surface area contributed by atoms with Crippen molar-refractivity contribution >= 4 is 6.09 Å². The number of carbonyl (C=O) groups is 1. The highest BCUT2D eigenvalue weighted by molar-refractivity contribution is 5.67. The van der Waals surface area contributed by atoms with Gasteiger partial charge in [-0.05, 0) is 25.5 Å². The minimum absolute atomic E-state index is 0.0476. The van der Waals surface area contributed by atoms with Crippen LogP contribution in [0.15, 0.2) is 18.2 Å². The van der Waals surface area contributed by atoms with Crippen molar-refractivity contribution < 1.29 is 19.4 Å². The van der Waals surface area contributed by atoms with Gasteiger partial charge < -0.3 is 19.9 Å². The number of hydrogen-bond acceptors (Lipinski definition) is 4. The Morgan fingerprint density at radius 2 is 2.22 bits per heavy atom. The smallest absolute Gasteiger partial charge is 0.407 e. The van der Waals surface area contributed by atoms with Gasteiger partial charge >= 0.3 is 6.09 Å². The molecule has 0 aromatic heterocycles. The molecule has 0 aliphatic rings. The van der Waals surface area contributed by atoms with Gasteiger partial charge in [0.1, 0.15) is 12.4 Å². The molecule has 0 radical (unpaired) electrons. The molecule has 0 unspecified atom stereocenters. The van der Waals surface area contributed by atoms with Crippen molar-refractivity contribution in [3.8, 4) is 5.75 Å². The maximum atomic E-state index is 11.3. The molecular formula is C13H19NO4. The zero-order valence-electron chi connectivity index (χ0n) is 10.7. The summed E-state index contributed by atoms with van der Waals surface area (Å²) in [5.74, 6) is 0.698. The Balaban J connectivity index is 2.47. The first-order valence-corrected chi connectivity index (χ1v) is 5.82. The largest absolute Gasteiger partial charge is 0.496 e.